The molecule has 126 valence electrons. The van der Waals surface area contributed by atoms with Crippen LogP contribution in [0.15, 0.2) is 46.9 Å². The summed E-state index contributed by atoms with van der Waals surface area (Å²) in [5.74, 6) is 2.42. The monoisotopic (exact) mass is 326 g/mol. The molecule has 1 amide bonds. The second-order valence-electron chi connectivity index (χ2n) is 5.80. The third-order valence-electron chi connectivity index (χ3n) is 4.16. The lowest BCUT2D eigenvalue weighted by atomic mass is 10.2. The van der Waals surface area contributed by atoms with E-state index in [2.05, 4.69) is 11.0 Å². The van der Waals surface area contributed by atoms with E-state index in [-0.39, 0.29) is 5.91 Å². The molecule has 0 radical (unpaired) electrons. The van der Waals surface area contributed by atoms with Gasteiger partial charge in [0.2, 0.25) is 5.91 Å². The SMILES string of the molecule is COc1cccc(N2CCN(C(=O)C=Cc3ccc(C)o3)CC2)c1. The summed E-state index contributed by atoms with van der Waals surface area (Å²) in [4.78, 5) is 16.4. The Bertz CT molecular complexity index is 728. The van der Waals surface area contributed by atoms with Gasteiger partial charge in [-0.15, -0.1) is 0 Å². The number of furan rings is 1. The number of anilines is 1. The molecule has 1 aromatic carbocycles. The van der Waals surface area contributed by atoms with Crippen LogP contribution >= 0.6 is 0 Å². The molecule has 5 nitrogen and oxygen atoms in total. The van der Waals surface area contributed by atoms with Crippen molar-refractivity contribution < 1.29 is 13.9 Å². The van der Waals surface area contributed by atoms with Crippen LogP contribution in [0.3, 0.4) is 0 Å². The first-order chi connectivity index (χ1) is 11.7. The molecule has 2 heterocycles. The van der Waals surface area contributed by atoms with Crippen LogP contribution in [0.1, 0.15) is 11.5 Å². The summed E-state index contributed by atoms with van der Waals surface area (Å²) in [5.41, 5.74) is 1.13. The molecule has 1 aliphatic rings. The predicted molar refractivity (Wildman–Crippen MR) is 94.3 cm³/mol. The van der Waals surface area contributed by atoms with Gasteiger partial charge in [-0.05, 0) is 37.3 Å². The summed E-state index contributed by atoms with van der Waals surface area (Å²) in [5, 5.41) is 0. The molecule has 24 heavy (non-hydrogen) atoms. The van der Waals surface area contributed by atoms with Gasteiger partial charge in [0.05, 0.1) is 7.11 Å². The van der Waals surface area contributed by atoms with Crippen LogP contribution in [-0.2, 0) is 4.79 Å². The number of benzene rings is 1. The second-order valence-corrected chi connectivity index (χ2v) is 5.80. The topological polar surface area (TPSA) is 45.9 Å². The maximum absolute atomic E-state index is 12.3. The zero-order valence-electron chi connectivity index (χ0n) is 14.1. The van der Waals surface area contributed by atoms with Crippen LogP contribution in [-0.4, -0.2) is 44.1 Å². The maximum atomic E-state index is 12.3. The van der Waals surface area contributed by atoms with E-state index >= 15 is 0 Å². The number of hydrogen-bond acceptors (Lipinski definition) is 4. The van der Waals surface area contributed by atoms with Crippen LogP contribution in [0, 0.1) is 6.92 Å². The third-order valence-corrected chi connectivity index (χ3v) is 4.16. The Labute approximate surface area is 142 Å². The molecule has 0 bridgehead atoms. The van der Waals surface area contributed by atoms with Crippen molar-refractivity contribution >= 4 is 17.7 Å². The number of carbonyl (C=O) groups is 1. The Morgan fingerprint density at radius 3 is 2.62 bits per heavy atom. The van der Waals surface area contributed by atoms with Crippen molar-refractivity contribution in [3.8, 4) is 5.75 Å². The maximum Gasteiger partial charge on any atom is 0.246 e. The number of ether oxygens (including phenoxy) is 1. The summed E-state index contributed by atoms with van der Waals surface area (Å²) in [6, 6.07) is 11.8. The normalized spacial score (nSPS) is 15.1. The standard InChI is InChI=1S/C19H22N2O3/c1-15-6-7-17(24-15)8-9-19(22)21-12-10-20(11-13-21)16-4-3-5-18(14-16)23-2/h3-9,14H,10-13H2,1-2H3. The van der Waals surface area contributed by atoms with E-state index in [0.717, 1.165) is 30.3 Å². The molecule has 0 unspecified atom stereocenters. The second kappa shape index (κ2) is 7.25. The van der Waals surface area contributed by atoms with Gasteiger partial charge in [-0.2, -0.15) is 0 Å². The van der Waals surface area contributed by atoms with Gasteiger partial charge in [-0.1, -0.05) is 6.07 Å². The molecule has 1 aliphatic heterocycles. The first-order valence-corrected chi connectivity index (χ1v) is 8.08. The summed E-state index contributed by atoms with van der Waals surface area (Å²) >= 11 is 0. The number of rotatable bonds is 4. The fraction of sp³-hybridized carbons (Fsp3) is 0.316. The van der Waals surface area contributed by atoms with Gasteiger partial charge in [0.1, 0.15) is 17.3 Å². The Kier molecular flexibility index (Phi) is 4.89. The van der Waals surface area contributed by atoms with Crippen molar-refractivity contribution in [1.29, 1.82) is 0 Å². The van der Waals surface area contributed by atoms with Gasteiger partial charge in [0.25, 0.3) is 0 Å². The lowest BCUT2D eigenvalue weighted by molar-refractivity contribution is -0.126. The highest BCUT2D eigenvalue weighted by Crippen LogP contribution is 2.22. The van der Waals surface area contributed by atoms with E-state index in [1.54, 1.807) is 19.3 Å². The van der Waals surface area contributed by atoms with Crippen molar-refractivity contribution in [3.63, 3.8) is 0 Å². The molecular weight excluding hydrogens is 304 g/mol. The highest BCUT2D eigenvalue weighted by molar-refractivity contribution is 5.91. The molecule has 1 saturated heterocycles. The predicted octanol–water partition coefficient (Wildman–Crippen LogP) is 2.96. The number of piperazine rings is 1. The molecule has 0 spiro atoms. The Hall–Kier alpha value is -2.69. The molecular formula is C19H22N2O3. The van der Waals surface area contributed by atoms with Crippen LogP contribution in [0.5, 0.6) is 5.75 Å². The minimum atomic E-state index is 0.0225. The van der Waals surface area contributed by atoms with Crippen LogP contribution in [0.4, 0.5) is 5.69 Å². The van der Waals surface area contributed by atoms with E-state index in [9.17, 15) is 4.79 Å². The fourth-order valence-electron chi connectivity index (χ4n) is 2.79. The average Bonchev–Trinajstić information content (AvgIpc) is 3.05. The zero-order chi connectivity index (χ0) is 16.9. The number of aryl methyl sites for hydroxylation is 1. The quantitative estimate of drug-likeness (QED) is 0.811. The number of carbonyl (C=O) groups excluding carboxylic acids is 1. The Morgan fingerprint density at radius 2 is 1.96 bits per heavy atom. The van der Waals surface area contributed by atoms with Gasteiger partial charge in [0, 0.05) is 44.0 Å². The third kappa shape index (κ3) is 3.79. The Morgan fingerprint density at radius 1 is 1.17 bits per heavy atom. The molecule has 0 saturated carbocycles. The van der Waals surface area contributed by atoms with E-state index < -0.39 is 0 Å². The Balaban J connectivity index is 1.56. The summed E-state index contributed by atoms with van der Waals surface area (Å²) in [6.45, 7) is 4.92. The summed E-state index contributed by atoms with van der Waals surface area (Å²) in [6.07, 6.45) is 3.31. The lowest BCUT2D eigenvalue weighted by Crippen LogP contribution is -2.48. The highest BCUT2D eigenvalue weighted by atomic mass is 16.5. The molecule has 3 rings (SSSR count). The number of nitrogens with zero attached hydrogens (tertiary/aromatic N) is 2. The molecule has 0 N–H and O–H groups in total. The minimum absolute atomic E-state index is 0.0225. The van der Waals surface area contributed by atoms with Gasteiger partial charge < -0.3 is 19.0 Å². The van der Waals surface area contributed by atoms with Gasteiger partial charge >= 0.3 is 0 Å². The molecule has 0 aliphatic carbocycles. The van der Waals surface area contributed by atoms with Crippen molar-refractivity contribution in [3.05, 3.63) is 54.0 Å². The first-order valence-electron chi connectivity index (χ1n) is 8.08. The van der Waals surface area contributed by atoms with Crippen molar-refractivity contribution in [2.24, 2.45) is 0 Å². The largest absolute Gasteiger partial charge is 0.497 e. The van der Waals surface area contributed by atoms with Crippen LogP contribution in [0.25, 0.3) is 6.08 Å². The van der Waals surface area contributed by atoms with Gasteiger partial charge in [-0.25, -0.2) is 0 Å². The van der Waals surface area contributed by atoms with Crippen LogP contribution in [0.2, 0.25) is 0 Å². The minimum Gasteiger partial charge on any atom is -0.497 e. The van der Waals surface area contributed by atoms with E-state index in [0.29, 0.717) is 18.8 Å². The zero-order valence-corrected chi connectivity index (χ0v) is 14.1. The number of methoxy groups -OCH3 is 1. The van der Waals surface area contributed by atoms with Crippen molar-refractivity contribution in [2.75, 3.05) is 38.2 Å². The van der Waals surface area contributed by atoms with E-state index in [1.165, 1.54) is 0 Å². The van der Waals surface area contributed by atoms with Crippen LogP contribution < -0.4 is 9.64 Å². The number of amides is 1. The molecule has 1 aromatic heterocycles. The molecule has 5 heteroatoms. The molecule has 0 atom stereocenters. The van der Waals surface area contributed by atoms with E-state index in [4.69, 9.17) is 9.15 Å². The van der Waals surface area contributed by atoms with Gasteiger partial charge in [-0.3, -0.25) is 4.79 Å². The lowest BCUT2D eigenvalue weighted by Gasteiger charge is -2.35. The molecule has 2 aromatic rings. The van der Waals surface area contributed by atoms with Crippen molar-refractivity contribution in [1.82, 2.24) is 4.90 Å². The first kappa shape index (κ1) is 16.2. The summed E-state index contributed by atoms with van der Waals surface area (Å²) in [7, 11) is 1.67. The summed E-state index contributed by atoms with van der Waals surface area (Å²) < 4.78 is 10.7. The van der Waals surface area contributed by atoms with Gasteiger partial charge in [0.15, 0.2) is 0 Å². The number of hydrogen-bond donors (Lipinski definition) is 0. The van der Waals surface area contributed by atoms with Crippen molar-refractivity contribution in [2.45, 2.75) is 6.92 Å². The van der Waals surface area contributed by atoms with E-state index in [1.807, 2.05) is 42.2 Å². The molecule has 1 fully saturated rings. The fourth-order valence-corrected chi connectivity index (χ4v) is 2.79. The smallest absolute Gasteiger partial charge is 0.246 e. The average molecular weight is 326 g/mol. The highest BCUT2D eigenvalue weighted by Gasteiger charge is 2.20.